The van der Waals surface area contributed by atoms with Gasteiger partial charge in [-0.25, -0.2) is 0 Å². The van der Waals surface area contributed by atoms with E-state index in [0.29, 0.717) is 6.42 Å². The van der Waals surface area contributed by atoms with Gasteiger partial charge in [0.25, 0.3) is 0 Å². The topological polar surface area (TPSA) is 69.6 Å². The summed E-state index contributed by atoms with van der Waals surface area (Å²) in [5.41, 5.74) is -0.308. The smallest absolute Gasteiger partial charge is 0.303 e. The molecule has 5 nitrogen and oxygen atoms in total. The summed E-state index contributed by atoms with van der Waals surface area (Å²) in [6.45, 7) is 2.93. The third-order valence-electron chi connectivity index (χ3n) is 4.14. The summed E-state index contributed by atoms with van der Waals surface area (Å²) in [5, 5.41) is 12.0. The lowest BCUT2D eigenvalue weighted by Gasteiger charge is -2.27. The number of amides is 1. The van der Waals surface area contributed by atoms with Gasteiger partial charge < -0.3 is 15.3 Å². The van der Waals surface area contributed by atoms with Crippen LogP contribution in [-0.2, 0) is 9.59 Å². The van der Waals surface area contributed by atoms with Crippen LogP contribution < -0.4 is 5.32 Å². The normalized spacial score (nSPS) is 19.0. The summed E-state index contributed by atoms with van der Waals surface area (Å²) in [6, 6.07) is 0.133. The summed E-state index contributed by atoms with van der Waals surface area (Å²) in [4.78, 5) is 25.2. The molecule has 0 saturated heterocycles. The number of nitrogens with one attached hydrogen (secondary N) is 1. The van der Waals surface area contributed by atoms with E-state index in [1.54, 1.807) is 0 Å². The molecule has 116 valence electrons. The number of hydrogen-bond donors (Lipinski definition) is 2. The Kier molecular flexibility index (Phi) is 6.46. The fourth-order valence-corrected chi connectivity index (χ4v) is 3.05. The number of nitrogens with zero attached hydrogens (tertiary/aromatic N) is 1. The minimum absolute atomic E-state index is 0.000550. The van der Waals surface area contributed by atoms with Crippen LogP contribution in [0.3, 0.4) is 0 Å². The molecule has 1 aliphatic carbocycles. The lowest BCUT2D eigenvalue weighted by Crippen LogP contribution is -2.38. The summed E-state index contributed by atoms with van der Waals surface area (Å²) >= 11 is 0. The average Bonchev–Trinajstić information content (AvgIpc) is 2.73. The summed E-state index contributed by atoms with van der Waals surface area (Å²) in [7, 11) is 4.02. The largest absolute Gasteiger partial charge is 0.481 e. The molecule has 0 aromatic rings. The molecule has 1 aliphatic rings. The Labute approximate surface area is 121 Å². The number of aliphatic carboxylic acids is 1. The first-order valence-electron chi connectivity index (χ1n) is 7.49. The molecule has 0 radical (unpaired) electrons. The van der Waals surface area contributed by atoms with Crippen LogP contribution in [0.15, 0.2) is 0 Å². The van der Waals surface area contributed by atoms with Crippen molar-refractivity contribution in [1.82, 2.24) is 10.2 Å². The highest BCUT2D eigenvalue weighted by Crippen LogP contribution is 2.44. The Bertz CT molecular complexity index is 336. The van der Waals surface area contributed by atoms with E-state index in [9.17, 15) is 9.59 Å². The maximum atomic E-state index is 12.1. The lowest BCUT2D eigenvalue weighted by atomic mass is 9.79. The first-order chi connectivity index (χ1) is 9.33. The first kappa shape index (κ1) is 17.0. The monoisotopic (exact) mass is 284 g/mol. The molecule has 1 unspecified atom stereocenters. The van der Waals surface area contributed by atoms with Gasteiger partial charge in [-0.3, -0.25) is 9.59 Å². The number of carboxylic acid groups (broad SMARTS) is 1. The van der Waals surface area contributed by atoms with E-state index in [4.69, 9.17) is 5.11 Å². The molecule has 1 amide bonds. The molecule has 0 spiro atoms. The SMILES string of the molecule is CC(CCN(C)C)NC(=O)CC1(CC(=O)O)CCCC1. The van der Waals surface area contributed by atoms with Crippen molar-refractivity contribution in [2.45, 2.75) is 57.9 Å². The van der Waals surface area contributed by atoms with Gasteiger partial charge in [-0.2, -0.15) is 0 Å². The predicted molar refractivity (Wildman–Crippen MR) is 78.5 cm³/mol. The van der Waals surface area contributed by atoms with E-state index in [1.807, 2.05) is 21.0 Å². The average molecular weight is 284 g/mol. The second-order valence-electron chi connectivity index (χ2n) is 6.51. The second-order valence-corrected chi connectivity index (χ2v) is 6.51. The van der Waals surface area contributed by atoms with Crippen molar-refractivity contribution in [2.24, 2.45) is 5.41 Å². The fourth-order valence-electron chi connectivity index (χ4n) is 3.05. The van der Waals surface area contributed by atoms with E-state index in [0.717, 1.165) is 38.6 Å². The molecule has 0 aliphatic heterocycles. The first-order valence-corrected chi connectivity index (χ1v) is 7.49. The summed E-state index contributed by atoms with van der Waals surface area (Å²) in [5.74, 6) is -0.792. The molecule has 20 heavy (non-hydrogen) atoms. The molecule has 5 heteroatoms. The van der Waals surface area contributed by atoms with E-state index >= 15 is 0 Å². The van der Waals surface area contributed by atoms with Gasteiger partial charge >= 0.3 is 5.97 Å². The van der Waals surface area contributed by atoms with Gasteiger partial charge in [0.2, 0.25) is 5.91 Å². The maximum absolute atomic E-state index is 12.1. The predicted octanol–water partition coefficient (Wildman–Crippen LogP) is 1.87. The number of hydrogen-bond acceptors (Lipinski definition) is 3. The van der Waals surface area contributed by atoms with Gasteiger partial charge in [-0.05, 0) is 52.2 Å². The molecule has 0 aromatic carbocycles. The van der Waals surface area contributed by atoms with Crippen LogP contribution in [0.1, 0.15) is 51.9 Å². The fraction of sp³-hybridized carbons (Fsp3) is 0.867. The molecule has 1 saturated carbocycles. The zero-order chi connectivity index (χ0) is 15.2. The van der Waals surface area contributed by atoms with Gasteiger partial charge in [0, 0.05) is 12.5 Å². The molecule has 0 aromatic heterocycles. The zero-order valence-corrected chi connectivity index (χ0v) is 12.9. The number of carbonyl (C=O) groups excluding carboxylic acids is 1. The van der Waals surface area contributed by atoms with Crippen molar-refractivity contribution in [2.75, 3.05) is 20.6 Å². The Morgan fingerprint density at radius 2 is 1.85 bits per heavy atom. The van der Waals surface area contributed by atoms with Crippen molar-refractivity contribution in [3.8, 4) is 0 Å². The Hall–Kier alpha value is -1.10. The lowest BCUT2D eigenvalue weighted by molar-refractivity contribution is -0.140. The van der Waals surface area contributed by atoms with E-state index in [-0.39, 0.29) is 23.8 Å². The Balaban J connectivity index is 2.44. The molecule has 1 fully saturated rings. The van der Waals surface area contributed by atoms with Gasteiger partial charge in [-0.1, -0.05) is 12.8 Å². The van der Waals surface area contributed by atoms with Gasteiger partial charge in [-0.15, -0.1) is 0 Å². The molecule has 0 heterocycles. The standard InChI is InChI=1S/C15H28N2O3/c1-12(6-9-17(2)3)16-13(18)10-15(11-14(19)20)7-4-5-8-15/h12H,4-11H2,1-3H3,(H,16,18)(H,19,20). The third-order valence-corrected chi connectivity index (χ3v) is 4.14. The van der Waals surface area contributed by atoms with Crippen LogP contribution >= 0.6 is 0 Å². The molecule has 0 bridgehead atoms. The van der Waals surface area contributed by atoms with Gasteiger partial charge in [0.15, 0.2) is 0 Å². The molecular formula is C15H28N2O3. The van der Waals surface area contributed by atoms with Crippen LogP contribution in [0.2, 0.25) is 0 Å². The Morgan fingerprint density at radius 3 is 2.35 bits per heavy atom. The number of carboxylic acids is 1. The van der Waals surface area contributed by atoms with Crippen molar-refractivity contribution >= 4 is 11.9 Å². The van der Waals surface area contributed by atoms with Gasteiger partial charge in [0.1, 0.15) is 0 Å². The van der Waals surface area contributed by atoms with Crippen LogP contribution in [0, 0.1) is 5.41 Å². The van der Waals surface area contributed by atoms with Crippen LogP contribution in [-0.4, -0.2) is 48.6 Å². The zero-order valence-electron chi connectivity index (χ0n) is 12.9. The second kappa shape index (κ2) is 7.62. The van der Waals surface area contributed by atoms with Crippen molar-refractivity contribution in [1.29, 1.82) is 0 Å². The minimum Gasteiger partial charge on any atom is -0.481 e. The summed E-state index contributed by atoms with van der Waals surface area (Å²) in [6.07, 6.45) is 5.17. The molecule has 1 rings (SSSR count). The Morgan fingerprint density at radius 1 is 1.25 bits per heavy atom. The van der Waals surface area contributed by atoms with Crippen LogP contribution in [0.25, 0.3) is 0 Å². The maximum Gasteiger partial charge on any atom is 0.303 e. The molecular weight excluding hydrogens is 256 g/mol. The van der Waals surface area contributed by atoms with E-state index < -0.39 is 5.97 Å². The third kappa shape index (κ3) is 5.90. The minimum atomic E-state index is -0.791. The quantitative estimate of drug-likeness (QED) is 0.714. The molecule has 1 atom stereocenters. The van der Waals surface area contributed by atoms with Crippen molar-refractivity contribution in [3.63, 3.8) is 0 Å². The highest BCUT2D eigenvalue weighted by Gasteiger charge is 2.38. The summed E-state index contributed by atoms with van der Waals surface area (Å²) < 4.78 is 0. The van der Waals surface area contributed by atoms with Crippen LogP contribution in [0.5, 0.6) is 0 Å². The van der Waals surface area contributed by atoms with E-state index in [1.165, 1.54) is 0 Å². The molecule has 2 N–H and O–H groups in total. The number of rotatable bonds is 8. The van der Waals surface area contributed by atoms with E-state index in [2.05, 4.69) is 10.2 Å². The van der Waals surface area contributed by atoms with Crippen LogP contribution in [0.4, 0.5) is 0 Å². The van der Waals surface area contributed by atoms with Gasteiger partial charge in [0.05, 0.1) is 6.42 Å². The van der Waals surface area contributed by atoms with Crippen molar-refractivity contribution < 1.29 is 14.7 Å². The highest BCUT2D eigenvalue weighted by molar-refractivity contribution is 5.78. The van der Waals surface area contributed by atoms with Crippen molar-refractivity contribution in [3.05, 3.63) is 0 Å². The number of carbonyl (C=O) groups is 2. The highest BCUT2D eigenvalue weighted by atomic mass is 16.4.